The van der Waals surface area contributed by atoms with Crippen LogP contribution in [0, 0.1) is 18.3 Å². The number of nitrogens with one attached hydrogen (secondary N) is 1. The fourth-order valence-electron chi connectivity index (χ4n) is 7.62. The number of halogens is 2. The average molecular weight is 636 g/mol. The molecule has 0 bridgehead atoms. The molecule has 2 unspecified atom stereocenters. The molecule has 0 saturated carbocycles. The van der Waals surface area contributed by atoms with E-state index in [0.717, 1.165) is 98.4 Å². The number of alkyl halides is 2. The van der Waals surface area contributed by atoms with E-state index in [4.69, 9.17) is 24.5 Å². The fourth-order valence-corrected chi connectivity index (χ4v) is 7.62. The van der Waals surface area contributed by atoms with Gasteiger partial charge in [0.25, 0.3) is 6.43 Å². The SMILES string of the molecule is Cc1ccc2c(cnn2C2CCCCO2)c1N1CCc2c(nc(OCC3CCCN3CC(F)F)nc2N2CCN[C@@H](CC#N)C2)C1. The largest absolute Gasteiger partial charge is 0.462 e. The van der Waals surface area contributed by atoms with Gasteiger partial charge < -0.3 is 24.6 Å². The molecule has 0 radical (unpaired) electrons. The number of piperazine rings is 1. The summed E-state index contributed by atoms with van der Waals surface area (Å²) in [5.41, 5.74) is 5.42. The topological polar surface area (TPSA) is 108 Å². The zero-order valence-electron chi connectivity index (χ0n) is 26.5. The zero-order valence-corrected chi connectivity index (χ0v) is 26.5. The van der Waals surface area contributed by atoms with Crippen LogP contribution < -0.4 is 19.9 Å². The molecule has 7 rings (SSSR count). The molecule has 4 aliphatic heterocycles. The first-order valence-electron chi connectivity index (χ1n) is 16.7. The molecule has 3 aromatic rings. The number of aromatic nitrogens is 4. The van der Waals surface area contributed by atoms with Gasteiger partial charge in [-0.15, -0.1) is 0 Å². The Morgan fingerprint density at radius 3 is 2.87 bits per heavy atom. The molecule has 0 spiro atoms. The Hall–Kier alpha value is -3.60. The number of aryl methyl sites for hydroxylation is 1. The molecular formula is C33H43F2N9O2. The lowest BCUT2D eigenvalue weighted by molar-refractivity contribution is -0.0366. The Bertz CT molecular complexity index is 1570. The van der Waals surface area contributed by atoms with Crippen molar-refractivity contribution in [3.63, 3.8) is 0 Å². The minimum absolute atomic E-state index is 0.0423. The molecule has 0 aliphatic carbocycles. The quantitative estimate of drug-likeness (QED) is 0.368. The highest BCUT2D eigenvalue weighted by Crippen LogP contribution is 2.38. The third-order valence-electron chi connectivity index (χ3n) is 9.89. The number of benzene rings is 1. The summed E-state index contributed by atoms with van der Waals surface area (Å²) in [6.45, 7) is 7.16. The van der Waals surface area contributed by atoms with Crippen LogP contribution in [0.2, 0.25) is 0 Å². The van der Waals surface area contributed by atoms with Crippen molar-refractivity contribution in [2.24, 2.45) is 0 Å². The van der Waals surface area contributed by atoms with E-state index >= 15 is 0 Å². The molecule has 11 nitrogen and oxygen atoms in total. The molecule has 3 fully saturated rings. The summed E-state index contributed by atoms with van der Waals surface area (Å²) in [6.07, 6.45) is 5.61. The Labute approximate surface area is 268 Å². The van der Waals surface area contributed by atoms with Crippen LogP contribution in [0.4, 0.5) is 20.3 Å². The zero-order chi connectivity index (χ0) is 31.6. The lowest BCUT2D eigenvalue weighted by atomic mass is 10.0. The van der Waals surface area contributed by atoms with Crippen molar-refractivity contribution in [1.29, 1.82) is 5.26 Å². The van der Waals surface area contributed by atoms with Gasteiger partial charge in [-0.2, -0.15) is 20.3 Å². The first-order chi connectivity index (χ1) is 22.5. The van der Waals surface area contributed by atoms with Gasteiger partial charge in [-0.3, -0.25) is 4.90 Å². The first kappa shape index (κ1) is 31.0. The number of likely N-dealkylation sites (tertiary alicyclic amines) is 1. The van der Waals surface area contributed by atoms with Gasteiger partial charge in [0.1, 0.15) is 12.4 Å². The molecule has 4 aliphatic rings. The van der Waals surface area contributed by atoms with Gasteiger partial charge in [0.2, 0.25) is 0 Å². The summed E-state index contributed by atoms with van der Waals surface area (Å²) in [6, 6.07) is 6.86. The number of hydrogen-bond acceptors (Lipinski definition) is 10. The molecule has 6 heterocycles. The number of nitrogens with zero attached hydrogens (tertiary/aromatic N) is 8. The van der Waals surface area contributed by atoms with Crippen molar-refractivity contribution in [3.05, 3.63) is 35.2 Å². The predicted molar refractivity (Wildman–Crippen MR) is 170 cm³/mol. The number of ether oxygens (including phenoxy) is 2. The van der Waals surface area contributed by atoms with Gasteiger partial charge >= 0.3 is 6.01 Å². The maximum Gasteiger partial charge on any atom is 0.318 e. The summed E-state index contributed by atoms with van der Waals surface area (Å²) < 4.78 is 40.7. The monoisotopic (exact) mass is 635 g/mol. The highest BCUT2D eigenvalue weighted by atomic mass is 19.3. The smallest absolute Gasteiger partial charge is 0.318 e. The lowest BCUT2D eigenvalue weighted by Crippen LogP contribution is -2.51. The standard InChI is InChI=1S/C33H43F2N9O2/c1-22-7-8-28-26(17-38-44(28)30-6-2-3-16-45-30)31(22)42-14-10-25-27(19-42)39-33(46-21-24-5-4-13-41(24)20-29(34)35)40-32(25)43-15-12-37-23(18-43)9-11-36/h7-8,17,23-24,29-30,37H,2-6,9-10,12-16,18-21H2,1H3/t23-,24?,30?/m0/s1. The van der Waals surface area contributed by atoms with Crippen LogP contribution in [-0.4, -0.2) is 95.6 Å². The van der Waals surface area contributed by atoms with Gasteiger partial charge in [0.05, 0.1) is 48.7 Å². The molecule has 46 heavy (non-hydrogen) atoms. The third kappa shape index (κ3) is 6.35. The number of fused-ring (bicyclic) bond motifs is 2. The number of rotatable bonds is 9. The maximum atomic E-state index is 13.2. The van der Waals surface area contributed by atoms with Gasteiger partial charge in [-0.05, 0) is 63.6 Å². The van der Waals surface area contributed by atoms with E-state index in [1.54, 1.807) is 0 Å². The van der Waals surface area contributed by atoms with Gasteiger partial charge in [-0.25, -0.2) is 13.5 Å². The predicted octanol–water partition coefficient (Wildman–Crippen LogP) is 4.20. The van der Waals surface area contributed by atoms with E-state index in [1.807, 2.05) is 15.8 Å². The van der Waals surface area contributed by atoms with E-state index in [0.29, 0.717) is 26.1 Å². The normalized spacial score (nSPS) is 24.0. The van der Waals surface area contributed by atoms with E-state index in [-0.39, 0.29) is 37.5 Å². The van der Waals surface area contributed by atoms with E-state index in [2.05, 4.69) is 40.2 Å². The molecule has 2 aromatic heterocycles. The Balaban J connectivity index is 1.19. The maximum absolute atomic E-state index is 13.2. The van der Waals surface area contributed by atoms with Gasteiger partial charge in [0.15, 0.2) is 6.23 Å². The third-order valence-corrected chi connectivity index (χ3v) is 9.89. The van der Waals surface area contributed by atoms with Crippen LogP contribution in [0.1, 0.15) is 61.6 Å². The highest BCUT2D eigenvalue weighted by molar-refractivity contribution is 5.94. The number of hydrogen-bond donors (Lipinski definition) is 1. The van der Waals surface area contributed by atoms with Crippen molar-refractivity contribution in [2.75, 3.05) is 62.3 Å². The second-order valence-electron chi connectivity index (χ2n) is 13.0. The van der Waals surface area contributed by atoms with Crippen LogP contribution >= 0.6 is 0 Å². The molecule has 13 heteroatoms. The number of anilines is 2. The van der Waals surface area contributed by atoms with E-state index in [1.165, 1.54) is 5.56 Å². The van der Waals surface area contributed by atoms with Gasteiger partial charge in [-0.1, -0.05) is 6.07 Å². The van der Waals surface area contributed by atoms with Crippen molar-refractivity contribution in [2.45, 2.75) is 83.2 Å². The number of nitriles is 1. The Kier molecular flexibility index (Phi) is 9.19. The lowest BCUT2D eigenvalue weighted by Gasteiger charge is -2.37. The molecule has 3 atom stereocenters. The second kappa shape index (κ2) is 13.6. The molecule has 3 saturated heterocycles. The molecular weight excluding hydrogens is 592 g/mol. The second-order valence-corrected chi connectivity index (χ2v) is 13.0. The minimum atomic E-state index is -2.37. The summed E-state index contributed by atoms with van der Waals surface area (Å²) >= 11 is 0. The van der Waals surface area contributed by atoms with Crippen molar-refractivity contribution < 1.29 is 18.3 Å². The fraction of sp³-hybridized carbons (Fsp3) is 0.636. The summed E-state index contributed by atoms with van der Waals surface area (Å²) in [5, 5.41) is 18.7. The van der Waals surface area contributed by atoms with Gasteiger partial charge in [0, 0.05) is 55.8 Å². The average Bonchev–Trinajstić information content (AvgIpc) is 3.70. The summed E-state index contributed by atoms with van der Waals surface area (Å²) in [4.78, 5) is 16.3. The Morgan fingerprint density at radius 1 is 1.13 bits per heavy atom. The van der Waals surface area contributed by atoms with Crippen LogP contribution in [0.25, 0.3) is 10.9 Å². The molecule has 1 aromatic carbocycles. The summed E-state index contributed by atoms with van der Waals surface area (Å²) in [5.74, 6) is 0.858. The van der Waals surface area contributed by atoms with Crippen molar-refractivity contribution >= 4 is 22.4 Å². The minimum Gasteiger partial charge on any atom is -0.462 e. The van der Waals surface area contributed by atoms with Crippen molar-refractivity contribution in [3.8, 4) is 12.1 Å². The van der Waals surface area contributed by atoms with E-state index in [9.17, 15) is 14.0 Å². The Morgan fingerprint density at radius 2 is 2.04 bits per heavy atom. The van der Waals surface area contributed by atoms with E-state index < -0.39 is 6.43 Å². The molecule has 246 valence electrons. The van der Waals surface area contributed by atoms with Crippen molar-refractivity contribution in [1.82, 2.24) is 30.0 Å². The van der Waals surface area contributed by atoms with Crippen LogP contribution in [-0.2, 0) is 17.7 Å². The van der Waals surface area contributed by atoms with Crippen LogP contribution in [0.15, 0.2) is 18.3 Å². The van der Waals surface area contributed by atoms with Crippen LogP contribution in [0.5, 0.6) is 6.01 Å². The molecule has 0 amide bonds. The molecule has 1 N–H and O–H groups in total. The first-order valence-corrected chi connectivity index (χ1v) is 16.7. The summed E-state index contributed by atoms with van der Waals surface area (Å²) in [7, 11) is 0. The van der Waals surface area contributed by atoms with Crippen LogP contribution in [0.3, 0.4) is 0 Å². The highest BCUT2D eigenvalue weighted by Gasteiger charge is 2.32.